The van der Waals surface area contributed by atoms with Gasteiger partial charge in [0, 0.05) is 0 Å². The van der Waals surface area contributed by atoms with Crippen LogP contribution in [0.5, 0.6) is 0 Å². The minimum atomic E-state index is -1.79. The third-order valence-electron chi connectivity index (χ3n) is 2.91. The zero-order valence-electron chi connectivity index (χ0n) is 11.9. The standard InChI is InChI=1S/C12H18Cl3NO7/c1-2-3-21-10-7(9(19)8(18)6(4-17)23-10)16-11(20)22-5-12(13,14)15/h2,6-10,17-19H,1,3-5H2,(H,16,20)/t6?,7?,8-,9-,10+/m1/s1. The average Bonchev–Trinajstić information content (AvgIpc) is 2.48. The summed E-state index contributed by atoms with van der Waals surface area (Å²) in [4.78, 5) is 11.7. The second kappa shape index (κ2) is 9.24. The van der Waals surface area contributed by atoms with Crippen LogP contribution in [0.3, 0.4) is 0 Å². The summed E-state index contributed by atoms with van der Waals surface area (Å²) in [5.41, 5.74) is 0. The molecule has 4 N–H and O–H groups in total. The van der Waals surface area contributed by atoms with E-state index < -0.39 is 53.7 Å². The number of carbonyl (C=O) groups is 1. The number of alkyl carbamates (subject to hydrolysis) is 1. The second-order valence-corrected chi connectivity index (χ2v) is 7.21. The van der Waals surface area contributed by atoms with Crippen molar-refractivity contribution in [2.24, 2.45) is 0 Å². The number of alkyl halides is 3. The predicted molar refractivity (Wildman–Crippen MR) is 82.5 cm³/mol. The van der Waals surface area contributed by atoms with E-state index in [1.165, 1.54) is 6.08 Å². The van der Waals surface area contributed by atoms with Gasteiger partial charge in [0.15, 0.2) is 6.29 Å². The van der Waals surface area contributed by atoms with Crippen LogP contribution in [-0.2, 0) is 14.2 Å². The Kier molecular flexibility index (Phi) is 8.32. The quantitative estimate of drug-likeness (QED) is 0.372. The van der Waals surface area contributed by atoms with Gasteiger partial charge < -0.3 is 34.8 Å². The summed E-state index contributed by atoms with van der Waals surface area (Å²) in [6, 6.07) is -1.17. The van der Waals surface area contributed by atoms with Crippen molar-refractivity contribution in [3.8, 4) is 0 Å². The predicted octanol–water partition coefficient (Wildman–Crippen LogP) is 0.0930. The third kappa shape index (κ3) is 6.60. The van der Waals surface area contributed by atoms with E-state index >= 15 is 0 Å². The Labute approximate surface area is 147 Å². The Bertz CT molecular complexity index is 407. The van der Waals surface area contributed by atoms with E-state index in [4.69, 9.17) is 49.4 Å². The first-order valence-electron chi connectivity index (χ1n) is 6.54. The molecule has 1 fully saturated rings. The Balaban J connectivity index is 2.73. The number of aliphatic hydroxyl groups excluding tert-OH is 3. The molecule has 0 aromatic carbocycles. The molecule has 2 unspecified atom stereocenters. The van der Waals surface area contributed by atoms with Gasteiger partial charge in [0.2, 0.25) is 3.79 Å². The molecule has 1 saturated heterocycles. The highest BCUT2D eigenvalue weighted by Crippen LogP contribution is 2.26. The van der Waals surface area contributed by atoms with Gasteiger partial charge in [-0.2, -0.15) is 0 Å². The summed E-state index contributed by atoms with van der Waals surface area (Å²) < 4.78 is 13.5. The van der Waals surface area contributed by atoms with Gasteiger partial charge in [0.05, 0.1) is 13.2 Å². The van der Waals surface area contributed by atoms with Crippen molar-refractivity contribution in [2.45, 2.75) is 34.4 Å². The monoisotopic (exact) mass is 393 g/mol. The van der Waals surface area contributed by atoms with Crippen molar-refractivity contribution in [2.75, 3.05) is 19.8 Å². The van der Waals surface area contributed by atoms with Crippen molar-refractivity contribution >= 4 is 40.9 Å². The molecule has 0 bridgehead atoms. The fourth-order valence-corrected chi connectivity index (χ4v) is 2.03. The van der Waals surface area contributed by atoms with Crippen molar-refractivity contribution in [3.05, 3.63) is 12.7 Å². The maximum absolute atomic E-state index is 11.7. The molecule has 11 heteroatoms. The van der Waals surface area contributed by atoms with Crippen molar-refractivity contribution < 1.29 is 34.3 Å². The van der Waals surface area contributed by atoms with E-state index in [9.17, 15) is 15.0 Å². The fourth-order valence-electron chi connectivity index (χ4n) is 1.87. The summed E-state index contributed by atoms with van der Waals surface area (Å²) in [5.74, 6) is 0. The highest BCUT2D eigenvalue weighted by molar-refractivity contribution is 6.67. The fraction of sp³-hybridized carbons (Fsp3) is 0.750. The molecule has 134 valence electrons. The molecular formula is C12H18Cl3NO7. The number of hydrogen-bond donors (Lipinski definition) is 4. The molecule has 8 nitrogen and oxygen atoms in total. The zero-order valence-corrected chi connectivity index (χ0v) is 14.2. The Morgan fingerprint density at radius 2 is 2.00 bits per heavy atom. The van der Waals surface area contributed by atoms with Crippen LogP contribution in [0.1, 0.15) is 0 Å². The molecule has 5 atom stereocenters. The number of hydrogen-bond acceptors (Lipinski definition) is 7. The highest BCUT2D eigenvalue weighted by Gasteiger charge is 2.45. The van der Waals surface area contributed by atoms with E-state index in [-0.39, 0.29) is 6.61 Å². The molecule has 0 aliphatic carbocycles. The SMILES string of the molecule is C=CCO[C@H]1OC(CO)[C@@H](O)[C@H](O)C1NC(=O)OCC(Cl)(Cl)Cl. The molecule has 23 heavy (non-hydrogen) atoms. The molecule has 0 radical (unpaired) electrons. The number of ether oxygens (including phenoxy) is 3. The molecule has 1 aliphatic rings. The normalized spacial score (nSPS) is 31.5. The molecule has 1 rings (SSSR count). The van der Waals surface area contributed by atoms with Crippen molar-refractivity contribution in [1.29, 1.82) is 0 Å². The van der Waals surface area contributed by atoms with Crippen LogP contribution in [-0.4, -0.2) is 75.7 Å². The van der Waals surface area contributed by atoms with Crippen LogP contribution in [0.15, 0.2) is 12.7 Å². The molecular weight excluding hydrogens is 376 g/mol. The highest BCUT2D eigenvalue weighted by atomic mass is 35.6. The van der Waals surface area contributed by atoms with Gasteiger partial charge in [0.1, 0.15) is 31.0 Å². The smallest absolute Gasteiger partial charge is 0.407 e. The lowest BCUT2D eigenvalue weighted by molar-refractivity contribution is -0.266. The molecule has 1 heterocycles. The number of halogens is 3. The number of aliphatic hydroxyl groups is 3. The minimum Gasteiger partial charge on any atom is -0.445 e. The lowest BCUT2D eigenvalue weighted by Gasteiger charge is -2.41. The Morgan fingerprint density at radius 3 is 2.52 bits per heavy atom. The molecule has 1 aliphatic heterocycles. The molecule has 1 amide bonds. The summed E-state index contributed by atoms with van der Waals surface area (Å²) in [6.45, 7) is 2.45. The topological polar surface area (TPSA) is 117 Å². The van der Waals surface area contributed by atoms with E-state index in [0.717, 1.165) is 0 Å². The van der Waals surface area contributed by atoms with Crippen molar-refractivity contribution in [3.63, 3.8) is 0 Å². The summed E-state index contributed by atoms with van der Waals surface area (Å²) >= 11 is 16.4. The van der Waals surface area contributed by atoms with Crippen LogP contribution in [0.25, 0.3) is 0 Å². The Morgan fingerprint density at radius 1 is 1.35 bits per heavy atom. The number of nitrogens with one attached hydrogen (secondary N) is 1. The van der Waals surface area contributed by atoms with Crippen LogP contribution in [0.4, 0.5) is 4.79 Å². The van der Waals surface area contributed by atoms with Crippen LogP contribution in [0.2, 0.25) is 0 Å². The summed E-state index contributed by atoms with van der Waals surface area (Å²) in [5, 5.41) is 31.3. The molecule has 0 aromatic heterocycles. The number of carbonyl (C=O) groups excluding carboxylic acids is 1. The lowest BCUT2D eigenvalue weighted by atomic mass is 9.97. The van der Waals surface area contributed by atoms with E-state index in [1.807, 2.05) is 0 Å². The largest absolute Gasteiger partial charge is 0.445 e. The van der Waals surface area contributed by atoms with Gasteiger partial charge in [-0.1, -0.05) is 40.9 Å². The first-order valence-corrected chi connectivity index (χ1v) is 7.68. The van der Waals surface area contributed by atoms with Gasteiger partial charge in [0.25, 0.3) is 0 Å². The molecule has 0 saturated carbocycles. The minimum absolute atomic E-state index is 0.0486. The van der Waals surface area contributed by atoms with Gasteiger partial charge in [-0.15, -0.1) is 6.58 Å². The first-order chi connectivity index (χ1) is 10.7. The van der Waals surface area contributed by atoms with Crippen LogP contribution < -0.4 is 5.32 Å². The van der Waals surface area contributed by atoms with Gasteiger partial charge in [-0.3, -0.25) is 0 Å². The first kappa shape index (κ1) is 20.7. The van der Waals surface area contributed by atoms with Crippen LogP contribution in [0, 0.1) is 0 Å². The number of amides is 1. The van der Waals surface area contributed by atoms with Gasteiger partial charge in [-0.25, -0.2) is 4.79 Å². The van der Waals surface area contributed by atoms with Gasteiger partial charge in [-0.05, 0) is 0 Å². The molecule has 0 spiro atoms. The summed E-state index contributed by atoms with van der Waals surface area (Å²) in [7, 11) is 0. The van der Waals surface area contributed by atoms with E-state index in [1.54, 1.807) is 0 Å². The number of rotatable bonds is 6. The van der Waals surface area contributed by atoms with E-state index in [2.05, 4.69) is 16.6 Å². The maximum atomic E-state index is 11.7. The summed E-state index contributed by atoms with van der Waals surface area (Å²) in [6.07, 6.45) is -4.73. The maximum Gasteiger partial charge on any atom is 0.407 e. The zero-order chi connectivity index (χ0) is 17.6. The van der Waals surface area contributed by atoms with Crippen LogP contribution >= 0.6 is 34.8 Å². The Hall–Kier alpha value is -0.320. The second-order valence-electron chi connectivity index (χ2n) is 4.69. The molecule has 0 aromatic rings. The van der Waals surface area contributed by atoms with Crippen molar-refractivity contribution in [1.82, 2.24) is 5.32 Å². The lowest BCUT2D eigenvalue weighted by Crippen LogP contribution is -2.64. The average molecular weight is 395 g/mol. The van der Waals surface area contributed by atoms with E-state index in [0.29, 0.717) is 0 Å². The third-order valence-corrected chi connectivity index (χ3v) is 3.24. The van der Waals surface area contributed by atoms with Gasteiger partial charge >= 0.3 is 6.09 Å².